The molecule has 1 aliphatic heterocycles. The second-order valence-electron chi connectivity index (χ2n) is 6.17. The third kappa shape index (κ3) is 3.85. The van der Waals surface area contributed by atoms with E-state index in [1.165, 1.54) is 5.56 Å². The summed E-state index contributed by atoms with van der Waals surface area (Å²) < 4.78 is 0. The number of nitrogens with two attached hydrogens (primary N) is 1. The van der Waals surface area contributed by atoms with Gasteiger partial charge in [0.05, 0.1) is 0 Å². The van der Waals surface area contributed by atoms with Crippen molar-refractivity contribution in [1.29, 1.82) is 0 Å². The van der Waals surface area contributed by atoms with Crippen LogP contribution in [0, 0.1) is 5.92 Å². The minimum absolute atomic E-state index is 0.0556. The summed E-state index contributed by atoms with van der Waals surface area (Å²) in [6.45, 7) is 5.75. The van der Waals surface area contributed by atoms with E-state index in [1.54, 1.807) is 0 Å². The molecule has 1 heterocycles. The van der Waals surface area contributed by atoms with Crippen molar-refractivity contribution in [2.24, 2.45) is 11.7 Å². The van der Waals surface area contributed by atoms with Gasteiger partial charge in [-0.2, -0.15) is 0 Å². The molecule has 0 bridgehead atoms. The maximum Gasteiger partial charge on any atom is 0.225 e. The molecule has 1 aliphatic rings. The average molecular weight is 288 g/mol. The monoisotopic (exact) mass is 288 g/mol. The maximum absolute atomic E-state index is 12.7. The predicted octanol–water partition coefficient (Wildman–Crippen LogP) is 3.16. The van der Waals surface area contributed by atoms with Crippen LogP contribution in [0.3, 0.4) is 0 Å². The molecule has 2 N–H and O–H groups in total. The van der Waals surface area contributed by atoms with Crippen molar-refractivity contribution < 1.29 is 4.79 Å². The molecular formula is C18H28N2O. The lowest BCUT2D eigenvalue weighted by Crippen LogP contribution is -2.36. The van der Waals surface area contributed by atoms with Crippen molar-refractivity contribution in [3.05, 3.63) is 35.9 Å². The number of nitrogens with zero attached hydrogens (tertiary/aromatic N) is 1. The largest absolute Gasteiger partial charge is 0.340 e. The van der Waals surface area contributed by atoms with Crippen LogP contribution in [-0.2, 0) is 4.79 Å². The van der Waals surface area contributed by atoms with E-state index < -0.39 is 0 Å². The number of likely N-dealkylation sites (tertiary alicyclic amines) is 1. The first-order valence-electron chi connectivity index (χ1n) is 8.26. The Morgan fingerprint density at radius 3 is 2.62 bits per heavy atom. The minimum atomic E-state index is 0.0556. The van der Waals surface area contributed by atoms with Crippen LogP contribution >= 0.6 is 0 Å². The summed E-state index contributed by atoms with van der Waals surface area (Å²) in [6.07, 6.45) is 4.22. The fourth-order valence-corrected chi connectivity index (χ4v) is 3.27. The van der Waals surface area contributed by atoms with Crippen LogP contribution in [0.5, 0.6) is 0 Å². The highest BCUT2D eigenvalue weighted by atomic mass is 16.2. The molecular weight excluding hydrogens is 260 g/mol. The summed E-state index contributed by atoms with van der Waals surface area (Å²) >= 11 is 0. The first-order chi connectivity index (χ1) is 10.2. The van der Waals surface area contributed by atoms with Crippen molar-refractivity contribution in [3.8, 4) is 0 Å². The van der Waals surface area contributed by atoms with Gasteiger partial charge in [0.25, 0.3) is 0 Å². The summed E-state index contributed by atoms with van der Waals surface area (Å²) in [5, 5.41) is 0. The Morgan fingerprint density at radius 2 is 2.00 bits per heavy atom. The molecule has 0 aromatic heterocycles. The Morgan fingerprint density at radius 1 is 1.29 bits per heavy atom. The van der Waals surface area contributed by atoms with Crippen molar-refractivity contribution in [2.45, 2.75) is 51.5 Å². The highest BCUT2D eigenvalue weighted by molar-refractivity contribution is 5.79. The SMILES string of the molecule is CCCCC(CC)C(=O)N1C[C@@H](N)[C@H](c2ccccc2)C1. The van der Waals surface area contributed by atoms with Gasteiger partial charge >= 0.3 is 0 Å². The van der Waals surface area contributed by atoms with E-state index in [-0.39, 0.29) is 17.9 Å². The Balaban J connectivity index is 2.01. The lowest BCUT2D eigenvalue weighted by molar-refractivity contribution is -0.134. The van der Waals surface area contributed by atoms with Crippen LogP contribution in [-0.4, -0.2) is 29.9 Å². The highest BCUT2D eigenvalue weighted by Gasteiger charge is 2.35. The molecule has 2 rings (SSSR count). The molecule has 1 aromatic rings. The van der Waals surface area contributed by atoms with Gasteiger partial charge in [-0.3, -0.25) is 4.79 Å². The molecule has 1 fully saturated rings. The zero-order valence-corrected chi connectivity index (χ0v) is 13.3. The third-order valence-electron chi connectivity index (χ3n) is 4.65. The fourth-order valence-electron chi connectivity index (χ4n) is 3.27. The van der Waals surface area contributed by atoms with Crippen LogP contribution in [0.25, 0.3) is 0 Å². The van der Waals surface area contributed by atoms with E-state index in [0.717, 1.165) is 32.2 Å². The molecule has 0 radical (unpaired) electrons. The Bertz CT molecular complexity index is 446. The quantitative estimate of drug-likeness (QED) is 0.874. The molecule has 116 valence electrons. The van der Waals surface area contributed by atoms with Crippen LogP contribution in [0.4, 0.5) is 0 Å². The van der Waals surface area contributed by atoms with Crippen LogP contribution < -0.4 is 5.73 Å². The van der Waals surface area contributed by atoms with Gasteiger partial charge in [0.15, 0.2) is 0 Å². The van der Waals surface area contributed by atoms with E-state index in [2.05, 4.69) is 26.0 Å². The number of rotatable bonds is 6. The smallest absolute Gasteiger partial charge is 0.225 e. The van der Waals surface area contributed by atoms with Gasteiger partial charge in [-0.15, -0.1) is 0 Å². The second-order valence-corrected chi connectivity index (χ2v) is 6.17. The molecule has 3 nitrogen and oxygen atoms in total. The molecule has 0 spiro atoms. The molecule has 1 amide bonds. The van der Waals surface area contributed by atoms with Gasteiger partial charge in [-0.25, -0.2) is 0 Å². The minimum Gasteiger partial charge on any atom is -0.340 e. The zero-order chi connectivity index (χ0) is 15.2. The third-order valence-corrected chi connectivity index (χ3v) is 4.65. The van der Waals surface area contributed by atoms with E-state index in [9.17, 15) is 4.79 Å². The summed E-state index contributed by atoms with van der Waals surface area (Å²) in [6, 6.07) is 10.4. The van der Waals surface area contributed by atoms with E-state index in [0.29, 0.717) is 12.5 Å². The number of carbonyl (C=O) groups is 1. The Labute approximate surface area is 128 Å². The molecule has 0 aliphatic carbocycles. The number of carbonyl (C=O) groups excluding carboxylic acids is 1. The summed E-state index contributed by atoms with van der Waals surface area (Å²) in [5.41, 5.74) is 7.54. The van der Waals surface area contributed by atoms with Crippen LogP contribution in [0.2, 0.25) is 0 Å². The van der Waals surface area contributed by atoms with Crippen molar-refractivity contribution in [3.63, 3.8) is 0 Å². The summed E-state index contributed by atoms with van der Waals surface area (Å²) in [5.74, 6) is 0.755. The standard InChI is InChI=1S/C18H28N2O/c1-3-5-9-14(4-2)18(21)20-12-16(17(19)13-20)15-10-7-6-8-11-15/h6-8,10-11,14,16-17H,3-5,9,12-13,19H2,1-2H3/t14?,16-,17+/m0/s1. The average Bonchev–Trinajstić information content (AvgIpc) is 2.90. The van der Waals surface area contributed by atoms with Crippen molar-refractivity contribution in [2.75, 3.05) is 13.1 Å². The molecule has 0 saturated carbocycles. The zero-order valence-electron chi connectivity index (χ0n) is 13.3. The maximum atomic E-state index is 12.7. The highest BCUT2D eigenvalue weighted by Crippen LogP contribution is 2.28. The molecule has 3 heteroatoms. The van der Waals surface area contributed by atoms with Gasteiger partial charge in [-0.1, -0.05) is 57.0 Å². The fraction of sp³-hybridized carbons (Fsp3) is 0.611. The lowest BCUT2D eigenvalue weighted by atomic mass is 9.95. The van der Waals surface area contributed by atoms with Gasteiger partial charge in [0, 0.05) is 31.0 Å². The number of amides is 1. The first-order valence-corrected chi connectivity index (χ1v) is 8.26. The lowest BCUT2D eigenvalue weighted by Gasteiger charge is -2.22. The predicted molar refractivity (Wildman–Crippen MR) is 87.0 cm³/mol. The van der Waals surface area contributed by atoms with Gasteiger partial charge in [-0.05, 0) is 18.4 Å². The van der Waals surface area contributed by atoms with Crippen LogP contribution in [0.1, 0.15) is 51.0 Å². The second kappa shape index (κ2) is 7.60. The molecule has 21 heavy (non-hydrogen) atoms. The molecule has 1 saturated heterocycles. The van der Waals surface area contributed by atoms with Gasteiger partial charge < -0.3 is 10.6 Å². The summed E-state index contributed by atoms with van der Waals surface area (Å²) in [7, 11) is 0. The molecule has 1 unspecified atom stereocenters. The normalized spacial score (nSPS) is 23.3. The van der Waals surface area contributed by atoms with Crippen LogP contribution in [0.15, 0.2) is 30.3 Å². The molecule has 1 aromatic carbocycles. The van der Waals surface area contributed by atoms with Crippen molar-refractivity contribution >= 4 is 5.91 Å². The molecule has 3 atom stereocenters. The topological polar surface area (TPSA) is 46.3 Å². The van der Waals surface area contributed by atoms with E-state index >= 15 is 0 Å². The number of hydrogen-bond donors (Lipinski definition) is 1. The Hall–Kier alpha value is -1.35. The Kier molecular flexibility index (Phi) is 5.80. The van der Waals surface area contributed by atoms with E-state index in [1.807, 2.05) is 23.1 Å². The van der Waals surface area contributed by atoms with Gasteiger partial charge in [0.2, 0.25) is 5.91 Å². The van der Waals surface area contributed by atoms with Gasteiger partial charge in [0.1, 0.15) is 0 Å². The number of benzene rings is 1. The van der Waals surface area contributed by atoms with E-state index in [4.69, 9.17) is 5.73 Å². The van der Waals surface area contributed by atoms with Crippen molar-refractivity contribution in [1.82, 2.24) is 4.90 Å². The number of hydrogen-bond acceptors (Lipinski definition) is 2. The first kappa shape index (κ1) is 16.0. The summed E-state index contributed by atoms with van der Waals surface area (Å²) in [4.78, 5) is 14.7. The number of unbranched alkanes of at least 4 members (excludes halogenated alkanes) is 1.